The van der Waals surface area contributed by atoms with E-state index < -0.39 is 17.4 Å². The predicted molar refractivity (Wildman–Crippen MR) is 92.5 cm³/mol. The lowest BCUT2D eigenvalue weighted by Crippen LogP contribution is -2.14. The van der Waals surface area contributed by atoms with E-state index in [-0.39, 0.29) is 5.69 Å². The molecule has 1 unspecified atom stereocenters. The summed E-state index contributed by atoms with van der Waals surface area (Å²) in [7, 11) is 0. The van der Waals surface area contributed by atoms with Crippen LogP contribution in [0.4, 0.5) is 0 Å². The maximum absolute atomic E-state index is 11.5. The van der Waals surface area contributed by atoms with Crippen molar-refractivity contribution in [2.45, 2.75) is 12.5 Å². The fourth-order valence-corrected chi connectivity index (χ4v) is 2.77. The molecule has 3 aromatic rings. The number of rotatable bonds is 1. The molecule has 5 nitrogen and oxygen atoms in total. The zero-order valence-electron chi connectivity index (χ0n) is 13.2. The summed E-state index contributed by atoms with van der Waals surface area (Å²) >= 11 is 0. The SMILES string of the molecule is O=c1[nH]cnc(C2Cc3ccc(C#Cc4ccccc4)cc3O2)c1O. The van der Waals surface area contributed by atoms with Gasteiger partial charge in [-0.15, -0.1) is 0 Å². The van der Waals surface area contributed by atoms with Gasteiger partial charge in [0.25, 0.3) is 5.56 Å². The van der Waals surface area contributed by atoms with Crippen LogP contribution in [0.2, 0.25) is 0 Å². The molecule has 2 heterocycles. The lowest BCUT2D eigenvalue weighted by atomic mass is 10.1. The second-order valence-electron chi connectivity index (χ2n) is 5.71. The van der Waals surface area contributed by atoms with Crippen molar-refractivity contribution in [3.8, 4) is 23.3 Å². The number of benzene rings is 2. The molecule has 0 saturated heterocycles. The molecule has 1 aliphatic heterocycles. The monoisotopic (exact) mass is 330 g/mol. The van der Waals surface area contributed by atoms with Crippen LogP contribution in [0.25, 0.3) is 0 Å². The Kier molecular flexibility index (Phi) is 3.71. The third-order valence-electron chi connectivity index (χ3n) is 4.03. The highest BCUT2D eigenvalue weighted by atomic mass is 16.5. The van der Waals surface area contributed by atoms with Gasteiger partial charge in [-0.3, -0.25) is 4.79 Å². The van der Waals surface area contributed by atoms with E-state index in [9.17, 15) is 9.90 Å². The zero-order chi connectivity index (χ0) is 17.2. The Hall–Kier alpha value is -3.52. The average molecular weight is 330 g/mol. The van der Waals surface area contributed by atoms with Crippen LogP contribution in [0.15, 0.2) is 59.7 Å². The van der Waals surface area contributed by atoms with E-state index in [1.54, 1.807) is 0 Å². The Morgan fingerprint density at radius 1 is 1.12 bits per heavy atom. The molecule has 0 spiro atoms. The number of hydrogen-bond acceptors (Lipinski definition) is 4. The summed E-state index contributed by atoms with van der Waals surface area (Å²) < 4.78 is 5.88. The van der Waals surface area contributed by atoms with Gasteiger partial charge in [0, 0.05) is 17.5 Å². The van der Waals surface area contributed by atoms with Crippen molar-refractivity contribution in [2.75, 3.05) is 0 Å². The molecular weight excluding hydrogens is 316 g/mol. The van der Waals surface area contributed by atoms with Gasteiger partial charge in [0.15, 0.2) is 0 Å². The van der Waals surface area contributed by atoms with Crippen LogP contribution in [0.1, 0.15) is 28.5 Å². The molecule has 2 aromatic carbocycles. The van der Waals surface area contributed by atoms with Gasteiger partial charge in [0.1, 0.15) is 17.5 Å². The molecule has 0 radical (unpaired) electrons. The standard InChI is InChI=1S/C20H14N2O3/c23-19-18(21-12-22-20(19)24)17-11-15-9-8-14(10-16(15)25-17)7-6-13-4-2-1-3-5-13/h1-5,8-10,12,17,23H,11H2,(H,21,22,24). The maximum Gasteiger partial charge on any atom is 0.293 e. The maximum atomic E-state index is 11.5. The summed E-state index contributed by atoms with van der Waals surface area (Å²) in [6.07, 6.45) is 1.33. The number of aromatic hydroxyl groups is 1. The molecule has 5 heteroatoms. The van der Waals surface area contributed by atoms with Crippen LogP contribution in [-0.4, -0.2) is 15.1 Å². The van der Waals surface area contributed by atoms with Gasteiger partial charge >= 0.3 is 0 Å². The molecule has 4 rings (SSSR count). The van der Waals surface area contributed by atoms with Crippen LogP contribution in [0, 0.1) is 11.8 Å². The van der Waals surface area contributed by atoms with Gasteiger partial charge in [-0.1, -0.05) is 36.1 Å². The third-order valence-corrected chi connectivity index (χ3v) is 4.03. The molecule has 25 heavy (non-hydrogen) atoms. The summed E-state index contributed by atoms with van der Waals surface area (Å²) in [5.74, 6) is 6.53. The quantitative estimate of drug-likeness (QED) is 0.673. The van der Waals surface area contributed by atoms with Crippen molar-refractivity contribution in [3.05, 3.63) is 87.6 Å². The average Bonchev–Trinajstić information content (AvgIpc) is 3.06. The molecule has 0 saturated carbocycles. The molecule has 1 aromatic heterocycles. The van der Waals surface area contributed by atoms with Crippen molar-refractivity contribution in [2.24, 2.45) is 0 Å². The van der Waals surface area contributed by atoms with E-state index in [1.165, 1.54) is 6.33 Å². The molecule has 122 valence electrons. The first-order valence-corrected chi connectivity index (χ1v) is 7.84. The Labute approximate surface area is 144 Å². The first-order valence-electron chi connectivity index (χ1n) is 7.84. The molecule has 0 bridgehead atoms. The van der Waals surface area contributed by atoms with Gasteiger partial charge < -0.3 is 14.8 Å². The van der Waals surface area contributed by atoms with E-state index >= 15 is 0 Å². The normalized spacial score (nSPS) is 15.0. The predicted octanol–water partition coefficient (Wildman–Crippen LogP) is 2.55. The smallest absolute Gasteiger partial charge is 0.293 e. The Balaban J connectivity index is 1.60. The lowest BCUT2D eigenvalue weighted by Gasteiger charge is -2.10. The highest BCUT2D eigenvalue weighted by Crippen LogP contribution is 2.37. The number of nitrogens with one attached hydrogen (secondary N) is 1. The van der Waals surface area contributed by atoms with Crippen LogP contribution < -0.4 is 10.3 Å². The molecule has 0 amide bonds. The number of aromatic nitrogens is 2. The van der Waals surface area contributed by atoms with E-state index in [2.05, 4.69) is 21.8 Å². The summed E-state index contributed by atoms with van der Waals surface area (Å²) in [6.45, 7) is 0. The summed E-state index contributed by atoms with van der Waals surface area (Å²) in [5, 5.41) is 9.89. The van der Waals surface area contributed by atoms with Gasteiger partial charge in [-0.25, -0.2) is 4.98 Å². The zero-order valence-corrected chi connectivity index (χ0v) is 13.2. The Bertz CT molecular complexity index is 1050. The minimum atomic E-state index is -0.570. The first-order chi connectivity index (χ1) is 12.2. The van der Waals surface area contributed by atoms with Crippen LogP contribution >= 0.6 is 0 Å². The van der Waals surface area contributed by atoms with Gasteiger partial charge in [-0.2, -0.15) is 0 Å². The van der Waals surface area contributed by atoms with Gasteiger partial charge in [-0.05, 0) is 29.8 Å². The molecule has 0 fully saturated rings. The van der Waals surface area contributed by atoms with Crippen molar-refractivity contribution < 1.29 is 9.84 Å². The number of aromatic amines is 1. The number of hydrogen-bond donors (Lipinski definition) is 2. The molecule has 1 aliphatic rings. The minimum Gasteiger partial charge on any atom is -0.502 e. The lowest BCUT2D eigenvalue weighted by molar-refractivity contribution is 0.226. The van der Waals surface area contributed by atoms with Crippen molar-refractivity contribution >= 4 is 0 Å². The molecule has 1 atom stereocenters. The van der Waals surface area contributed by atoms with Crippen LogP contribution in [0.5, 0.6) is 11.5 Å². The number of fused-ring (bicyclic) bond motifs is 1. The van der Waals surface area contributed by atoms with E-state index in [1.807, 2.05) is 48.5 Å². The second kappa shape index (κ2) is 6.17. The number of H-pyrrole nitrogens is 1. The van der Waals surface area contributed by atoms with Crippen LogP contribution in [-0.2, 0) is 6.42 Å². The fraction of sp³-hybridized carbons (Fsp3) is 0.100. The van der Waals surface area contributed by atoms with Crippen molar-refractivity contribution in [1.29, 1.82) is 0 Å². The van der Waals surface area contributed by atoms with Crippen LogP contribution in [0.3, 0.4) is 0 Å². The van der Waals surface area contributed by atoms with Gasteiger partial charge in [0.2, 0.25) is 5.75 Å². The number of nitrogens with zero attached hydrogens (tertiary/aromatic N) is 1. The first kappa shape index (κ1) is 15.0. The second-order valence-corrected chi connectivity index (χ2v) is 5.71. The van der Waals surface area contributed by atoms with E-state index in [4.69, 9.17) is 4.74 Å². The highest BCUT2D eigenvalue weighted by molar-refractivity contribution is 5.50. The summed E-state index contributed by atoms with van der Waals surface area (Å²) in [6, 6.07) is 15.5. The van der Waals surface area contributed by atoms with Gasteiger partial charge in [0.05, 0.1) is 6.33 Å². The molecular formula is C20H14N2O3. The Morgan fingerprint density at radius 3 is 2.76 bits per heavy atom. The van der Waals surface area contributed by atoms with Crippen molar-refractivity contribution in [3.63, 3.8) is 0 Å². The summed E-state index contributed by atoms with van der Waals surface area (Å²) in [4.78, 5) is 17.9. The summed E-state index contributed by atoms with van der Waals surface area (Å²) in [5.41, 5.74) is 2.46. The molecule has 0 aliphatic carbocycles. The minimum absolute atomic E-state index is 0.247. The number of ether oxygens (including phenoxy) is 1. The molecule has 2 N–H and O–H groups in total. The highest BCUT2D eigenvalue weighted by Gasteiger charge is 2.28. The fourth-order valence-electron chi connectivity index (χ4n) is 2.77. The van der Waals surface area contributed by atoms with E-state index in [0.717, 1.165) is 16.7 Å². The van der Waals surface area contributed by atoms with Crippen molar-refractivity contribution in [1.82, 2.24) is 9.97 Å². The Morgan fingerprint density at radius 2 is 1.92 bits per heavy atom. The van der Waals surface area contributed by atoms with E-state index in [0.29, 0.717) is 12.2 Å². The largest absolute Gasteiger partial charge is 0.502 e. The topological polar surface area (TPSA) is 75.2 Å². The third kappa shape index (κ3) is 2.98.